The van der Waals surface area contributed by atoms with E-state index >= 15 is 0 Å². The van der Waals surface area contributed by atoms with Crippen LogP contribution in [-0.4, -0.2) is 49.3 Å². The lowest BCUT2D eigenvalue weighted by atomic mass is 10.2. The van der Waals surface area contributed by atoms with Crippen molar-refractivity contribution in [3.63, 3.8) is 0 Å². The Morgan fingerprint density at radius 1 is 1.29 bits per heavy atom. The van der Waals surface area contributed by atoms with Crippen molar-refractivity contribution >= 4 is 0 Å². The lowest BCUT2D eigenvalue weighted by molar-refractivity contribution is 0.164. The summed E-state index contributed by atoms with van der Waals surface area (Å²) in [6, 6.07) is 0. The van der Waals surface area contributed by atoms with Crippen LogP contribution in [-0.2, 0) is 0 Å². The highest BCUT2D eigenvalue weighted by Gasteiger charge is 2.00. The molecule has 2 N–H and O–H groups in total. The lowest BCUT2D eigenvalue weighted by Gasteiger charge is -2.17. The zero-order valence-corrected chi connectivity index (χ0v) is 9.92. The first-order valence-electron chi connectivity index (χ1n) is 5.74. The average molecular weight is 202 g/mol. The minimum absolute atomic E-state index is 0.171. The van der Waals surface area contributed by atoms with E-state index in [2.05, 4.69) is 24.2 Å². The van der Waals surface area contributed by atoms with Gasteiger partial charge in [-0.3, -0.25) is 0 Å². The van der Waals surface area contributed by atoms with Crippen molar-refractivity contribution in [2.45, 2.75) is 39.2 Å². The van der Waals surface area contributed by atoms with Crippen LogP contribution in [0.5, 0.6) is 0 Å². The number of nitrogens with zero attached hydrogens (tertiary/aromatic N) is 1. The minimum atomic E-state index is -0.171. The summed E-state index contributed by atoms with van der Waals surface area (Å²) in [7, 11) is 2.11. The first-order chi connectivity index (χ1) is 6.66. The van der Waals surface area contributed by atoms with Gasteiger partial charge in [0.15, 0.2) is 0 Å². The van der Waals surface area contributed by atoms with Crippen molar-refractivity contribution in [2.75, 3.05) is 33.2 Å². The van der Waals surface area contributed by atoms with Gasteiger partial charge in [0, 0.05) is 6.54 Å². The zero-order chi connectivity index (χ0) is 10.8. The molecular weight excluding hydrogens is 176 g/mol. The van der Waals surface area contributed by atoms with Gasteiger partial charge in [0.05, 0.1) is 6.10 Å². The maximum atomic E-state index is 9.10. The van der Waals surface area contributed by atoms with Gasteiger partial charge in [0.25, 0.3) is 0 Å². The van der Waals surface area contributed by atoms with E-state index in [-0.39, 0.29) is 6.10 Å². The maximum absolute atomic E-state index is 9.10. The molecule has 0 fully saturated rings. The Labute approximate surface area is 88.5 Å². The van der Waals surface area contributed by atoms with Crippen molar-refractivity contribution in [2.24, 2.45) is 0 Å². The molecule has 0 amide bonds. The fourth-order valence-electron chi connectivity index (χ4n) is 1.29. The van der Waals surface area contributed by atoms with E-state index in [1.54, 1.807) is 0 Å². The van der Waals surface area contributed by atoms with Crippen LogP contribution in [0.4, 0.5) is 0 Å². The molecule has 3 nitrogen and oxygen atoms in total. The summed E-state index contributed by atoms with van der Waals surface area (Å²) < 4.78 is 0. The Morgan fingerprint density at radius 3 is 2.57 bits per heavy atom. The van der Waals surface area contributed by atoms with Crippen molar-refractivity contribution < 1.29 is 5.11 Å². The third-order valence-electron chi connectivity index (χ3n) is 2.25. The summed E-state index contributed by atoms with van der Waals surface area (Å²) >= 11 is 0. The Balaban J connectivity index is 3.14. The number of rotatable bonds is 9. The standard InChI is InChI=1S/C11H26N2O/c1-4-7-12-8-5-9-13(3)10-6-11(2)14/h11-12,14H,4-10H2,1-3H3. The van der Waals surface area contributed by atoms with E-state index < -0.39 is 0 Å². The Hall–Kier alpha value is -0.120. The largest absolute Gasteiger partial charge is 0.393 e. The molecule has 3 heteroatoms. The lowest BCUT2D eigenvalue weighted by Crippen LogP contribution is -2.26. The van der Waals surface area contributed by atoms with Gasteiger partial charge in [-0.1, -0.05) is 6.92 Å². The van der Waals surface area contributed by atoms with Gasteiger partial charge in [-0.15, -0.1) is 0 Å². The molecule has 0 saturated heterocycles. The average Bonchev–Trinajstić information content (AvgIpc) is 2.14. The quantitative estimate of drug-likeness (QED) is 0.549. The van der Waals surface area contributed by atoms with Crippen LogP contribution in [0, 0.1) is 0 Å². The maximum Gasteiger partial charge on any atom is 0.0524 e. The number of aliphatic hydroxyl groups excluding tert-OH is 1. The van der Waals surface area contributed by atoms with E-state index in [9.17, 15) is 0 Å². The molecular formula is C11H26N2O. The highest BCUT2D eigenvalue weighted by Crippen LogP contribution is 1.94. The fraction of sp³-hybridized carbons (Fsp3) is 1.00. The summed E-state index contributed by atoms with van der Waals surface area (Å²) in [6.45, 7) is 8.36. The van der Waals surface area contributed by atoms with E-state index in [1.165, 1.54) is 12.8 Å². The molecule has 1 atom stereocenters. The Morgan fingerprint density at radius 2 is 2.00 bits per heavy atom. The molecule has 0 rings (SSSR count). The topological polar surface area (TPSA) is 35.5 Å². The summed E-state index contributed by atoms with van der Waals surface area (Å²) in [4.78, 5) is 2.28. The van der Waals surface area contributed by atoms with Crippen LogP contribution in [0.2, 0.25) is 0 Å². The second kappa shape index (κ2) is 9.44. The second-order valence-electron chi connectivity index (χ2n) is 4.04. The number of aliphatic hydroxyl groups is 1. The third kappa shape index (κ3) is 9.96. The van der Waals surface area contributed by atoms with Crippen molar-refractivity contribution in [1.82, 2.24) is 10.2 Å². The van der Waals surface area contributed by atoms with Crippen molar-refractivity contribution in [3.05, 3.63) is 0 Å². The number of hydrogen-bond donors (Lipinski definition) is 2. The van der Waals surface area contributed by atoms with Gasteiger partial charge in [0.1, 0.15) is 0 Å². The number of nitrogens with one attached hydrogen (secondary N) is 1. The molecule has 0 aliphatic rings. The highest BCUT2D eigenvalue weighted by atomic mass is 16.3. The van der Waals surface area contributed by atoms with Crippen LogP contribution in [0.1, 0.15) is 33.1 Å². The van der Waals surface area contributed by atoms with Crippen molar-refractivity contribution in [1.29, 1.82) is 0 Å². The molecule has 0 heterocycles. The smallest absolute Gasteiger partial charge is 0.0524 e. The van der Waals surface area contributed by atoms with Crippen molar-refractivity contribution in [3.8, 4) is 0 Å². The molecule has 0 aromatic heterocycles. The zero-order valence-electron chi connectivity index (χ0n) is 9.92. The summed E-state index contributed by atoms with van der Waals surface area (Å²) in [6.07, 6.45) is 3.10. The second-order valence-corrected chi connectivity index (χ2v) is 4.04. The van der Waals surface area contributed by atoms with Crippen LogP contribution in [0.3, 0.4) is 0 Å². The molecule has 1 unspecified atom stereocenters. The normalized spacial score (nSPS) is 13.5. The highest BCUT2D eigenvalue weighted by molar-refractivity contribution is 4.56. The van der Waals surface area contributed by atoms with Gasteiger partial charge < -0.3 is 15.3 Å². The monoisotopic (exact) mass is 202 g/mol. The minimum Gasteiger partial charge on any atom is -0.393 e. The molecule has 0 bridgehead atoms. The Kier molecular flexibility index (Phi) is 9.35. The first-order valence-corrected chi connectivity index (χ1v) is 5.74. The summed E-state index contributed by atoms with van der Waals surface area (Å²) in [5.74, 6) is 0. The van der Waals surface area contributed by atoms with Crippen LogP contribution < -0.4 is 5.32 Å². The molecule has 0 saturated carbocycles. The summed E-state index contributed by atoms with van der Waals surface area (Å²) in [5.41, 5.74) is 0. The van der Waals surface area contributed by atoms with Gasteiger partial charge in [-0.05, 0) is 52.9 Å². The molecule has 0 aliphatic carbocycles. The molecule has 0 aromatic carbocycles. The molecule has 0 aromatic rings. The molecule has 0 aliphatic heterocycles. The van der Waals surface area contributed by atoms with Crippen LogP contribution in [0.25, 0.3) is 0 Å². The van der Waals surface area contributed by atoms with Gasteiger partial charge in [-0.25, -0.2) is 0 Å². The van der Waals surface area contributed by atoms with Crippen LogP contribution >= 0.6 is 0 Å². The van der Waals surface area contributed by atoms with E-state index in [0.717, 1.165) is 32.6 Å². The van der Waals surface area contributed by atoms with E-state index in [4.69, 9.17) is 5.11 Å². The predicted octanol–water partition coefficient (Wildman–Crippen LogP) is 1.08. The Bertz CT molecular complexity index is 118. The molecule has 14 heavy (non-hydrogen) atoms. The summed E-state index contributed by atoms with van der Waals surface area (Å²) in [5, 5.41) is 12.5. The van der Waals surface area contributed by atoms with Gasteiger partial charge >= 0.3 is 0 Å². The predicted molar refractivity (Wildman–Crippen MR) is 61.6 cm³/mol. The molecule has 0 radical (unpaired) electrons. The molecule has 86 valence electrons. The molecule has 0 spiro atoms. The van der Waals surface area contributed by atoms with Gasteiger partial charge in [-0.2, -0.15) is 0 Å². The third-order valence-corrected chi connectivity index (χ3v) is 2.25. The van der Waals surface area contributed by atoms with E-state index in [0.29, 0.717) is 0 Å². The number of hydrogen-bond acceptors (Lipinski definition) is 3. The fourth-order valence-corrected chi connectivity index (χ4v) is 1.29. The van der Waals surface area contributed by atoms with E-state index in [1.807, 2.05) is 6.92 Å². The van der Waals surface area contributed by atoms with Crippen LogP contribution in [0.15, 0.2) is 0 Å². The first kappa shape index (κ1) is 13.9. The SMILES string of the molecule is CCCNCCCN(C)CCC(C)O. The van der Waals surface area contributed by atoms with Gasteiger partial charge in [0.2, 0.25) is 0 Å².